The van der Waals surface area contributed by atoms with Crippen LogP contribution in [0.3, 0.4) is 0 Å². The van der Waals surface area contributed by atoms with E-state index in [4.69, 9.17) is 4.74 Å². The van der Waals surface area contributed by atoms with Gasteiger partial charge < -0.3 is 9.84 Å². The molecule has 0 atom stereocenters. The quantitative estimate of drug-likeness (QED) is 0.781. The first-order valence-electron chi connectivity index (χ1n) is 6.51. The van der Waals surface area contributed by atoms with Crippen molar-refractivity contribution in [3.63, 3.8) is 0 Å². The zero-order chi connectivity index (χ0) is 13.8. The van der Waals surface area contributed by atoms with Gasteiger partial charge in [-0.05, 0) is 23.1 Å². The number of fused-ring (bicyclic) bond motifs is 1. The minimum Gasteiger partial charge on any atom is -0.477 e. The molecule has 0 bridgehead atoms. The van der Waals surface area contributed by atoms with Crippen LogP contribution in [-0.2, 0) is 13.0 Å². The van der Waals surface area contributed by atoms with Crippen LogP contribution >= 0.6 is 11.3 Å². The van der Waals surface area contributed by atoms with Crippen molar-refractivity contribution in [2.75, 3.05) is 6.61 Å². The molecule has 0 saturated heterocycles. The summed E-state index contributed by atoms with van der Waals surface area (Å²) in [7, 11) is 0. The lowest BCUT2D eigenvalue weighted by Crippen LogP contribution is -2.02. The number of hydrogen-bond donors (Lipinski definition) is 1. The number of aliphatic hydroxyl groups is 1. The lowest BCUT2D eigenvalue weighted by Gasteiger charge is -2.09. The van der Waals surface area contributed by atoms with Gasteiger partial charge in [0.05, 0.1) is 18.7 Å². The zero-order valence-corrected chi connectivity index (χ0v) is 11.8. The van der Waals surface area contributed by atoms with Gasteiger partial charge in [0.1, 0.15) is 0 Å². The van der Waals surface area contributed by atoms with E-state index in [1.54, 1.807) is 11.3 Å². The summed E-state index contributed by atoms with van der Waals surface area (Å²) in [6.07, 6.45) is 0.876. The van der Waals surface area contributed by atoms with Crippen LogP contribution in [0.5, 0.6) is 5.88 Å². The first kappa shape index (κ1) is 13.1. The summed E-state index contributed by atoms with van der Waals surface area (Å²) in [4.78, 5) is 5.77. The van der Waals surface area contributed by atoms with Gasteiger partial charge in [0.2, 0.25) is 5.88 Å². The fourth-order valence-electron chi connectivity index (χ4n) is 2.14. The highest BCUT2D eigenvalue weighted by atomic mass is 32.1. The SMILES string of the molecule is OCc1cc(OCCc2cccs2)nc2ccccc12. The van der Waals surface area contributed by atoms with Crippen molar-refractivity contribution in [3.05, 3.63) is 58.3 Å². The summed E-state index contributed by atoms with van der Waals surface area (Å²) >= 11 is 1.73. The zero-order valence-electron chi connectivity index (χ0n) is 11.0. The average Bonchev–Trinajstić information content (AvgIpc) is 2.99. The van der Waals surface area contributed by atoms with Crippen molar-refractivity contribution in [1.29, 1.82) is 0 Å². The minimum atomic E-state index is -0.00961. The molecule has 0 spiro atoms. The predicted molar refractivity (Wildman–Crippen MR) is 81.2 cm³/mol. The van der Waals surface area contributed by atoms with Gasteiger partial charge in [-0.15, -0.1) is 11.3 Å². The van der Waals surface area contributed by atoms with Crippen LogP contribution in [0, 0.1) is 0 Å². The summed E-state index contributed by atoms with van der Waals surface area (Å²) in [5.74, 6) is 0.573. The second-order valence-corrected chi connectivity index (χ2v) is 5.50. The molecule has 102 valence electrons. The highest BCUT2D eigenvalue weighted by Gasteiger charge is 2.05. The lowest BCUT2D eigenvalue weighted by molar-refractivity contribution is 0.279. The van der Waals surface area contributed by atoms with E-state index in [2.05, 4.69) is 16.4 Å². The first-order valence-corrected chi connectivity index (χ1v) is 7.39. The van der Waals surface area contributed by atoms with Crippen LogP contribution in [-0.4, -0.2) is 16.7 Å². The molecule has 0 fully saturated rings. The smallest absolute Gasteiger partial charge is 0.214 e. The third-order valence-corrected chi connectivity index (χ3v) is 4.06. The number of thiophene rings is 1. The van der Waals surface area contributed by atoms with E-state index in [0.29, 0.717) is 12.5 Å². The van der Waals surface area contributed by atoms with Gasteiger partial charge >= 0.3 is 0 Å². The number of hydrogen-bond acceptors (Lipinski definition) is 4. The van der Waals surface area contributed by atoms with Gasteiger partial charge in [-0.25, -0.2) is 4.98 Å². The third kappa shape index (κ3) is 2.81. The number of pyridine rings is 1. The van der Waals surface area contributed by atoms with Gasteiger partial charge in [-0.1, -0.05) is 24.3 Å². The molecule has 20 heavy (non-hydrogen) atoms. The van der Waals surface area contributed by atoms with Gasteiger partial charge in [-0.3, -0.25) is 0 Å². The fraction of sp³-hybridized carbons (Fsp3) is 0.188. The molecule has 3 aromatic rings. The maximum atomic E-state index is 9.45. The molecular weight excluding hydrogens is 270 g/mol. The molecule has 2 aromatic heterocycles. The number of aromatic nitrogens is 1. The standard InChI is InChI=1S/C16H15NO2S/c18-11-12-10-16(17-15-6-2-1-5-14(12)15)19-8-7-13-4-3-9-20-13/h1-6,9-10,18H,7-8,11H2. The van der Waals surface area contributed by atoms with Crippen molar-refractivity contribution in [2.45, 2.75) is 13.0 Å². The molecule has 3 nitrogen and oxygen atoms in total. The number of ether oxygens (including phenoxy) is 1. The largest absolute Gasteiger partial charge is 0.477 e. The molecule has 0 radical (unpaired) electrons. The Morgan fingerprint density at radius 1 is 1.15 bits per heavy atom. The fourth-order valence-corrected chi connectivity index (χ4v) is 2.83. The van der Waals surface area contributed by atoms with Crippen molar-refractivity contribution in [2.24, 2.45) is 0 Å². The van der Waals surface area contributed by atoms with Crippen LogP contribution in [0.1, 0.15) is 10.4 Å². The summed E-state index contributed by atoms with van der Waals surface area (Å²) in [6, 6.07) is 13.7. The Bertz CT molecular complexity index is 695. The summed E-state index contributed by atoms with van der Waals surface area (Å²) in [5.41, 5.74) is 1.70. The van der Waals surface area contributed by atoms with E-state index in [9.17, 15) is 5.11 Å². The number of nitrogens with zero attached hydrogens (tertiary/aromatic N) is 1. The second kappa shape index (κ2) is 6.03. The monoisotopic (exact) mass is 285 g/mol. The molecule has 0 unspecified atom stereocenters. The summed E-state index contributed by atoms with van der Waals surface area (Å²) < 4.78 is 5.71. The van der Waals surface area contributed by atoms with Crippen molar-refractivity contribution in [3.8, 4) is 5.88 Å². The molecule has 1 aromatic carbocycles. The number of aliphatic hydroxyl groups excluding tert-OH is 1. The Hall–Kier alpha value is -1.91. The normalized spacial score (nSPS) is 10.8. The van der Waals surface area contributed by atoms with Crippen molar-refractivity contribution >= 4 is 22.2 Å². The molecule has 3 rings (SSSR count). The number of benzene rings is 1. The van der Waals surface area contributed by atoms with Gasteiger partial charge in [-0.2, -0.15) is 0 Å². The van der Waals surface area contributed by atoms with Gasteiger partial charge in [0, 0.05) is 22.8 Å². The van der Waals surface area contributed by atoms with Crippen LogP contribution in [0.25, 0.3) is 10.9 Å². The Labute approximate surface area is 121 Å². The summed E-state index contributed by atoms with van der Waals surface area (Å²) in [5, 5.41) is 12.5. The van der Waals surface area contributed by atoms with Gasteiger partial charge in [0.25, 0.3) is 0 Å². The highest BCUT2D eigenvalue weighted by molar-refractivity contribution is 7.09. The Kier molecular flexibility index (Phi) is 3.95. The number of para-hydroxylation sites is 1. The minimum absolute atomic E-state index is 0.00961. The van der Waals surface area contributed by atoms with Crippen molar-refractivity contribution in [1.82, 2.24) is 4.98 Å². The lowest BCUT2D eigenvalue weighted by atomic mass is 10.1. The number of rotatable bonds is 5. The Morgan fingerprint density at radius 3 is 2.85 bits per heavy atom. The maximum Gasteiger partial charge on any atom is 0.214 e. The van der Waals surface area contributed by atoms with Crippen LogP contribution < -0.4 is 4.74 Å². The van der Waals surface area contributed by atoms with E-state index >= 15 is 0 Å². The van der Waals surface area contributed by atoms with Crippen molar-refractivity contribution < 1.29 is 9.84 Å². The molecule has 0 aliphatic heterocycles. The Morgan fingerprint density at radius 2 is 2.05 bits per heavy atom. The third-order valence-electron chi connectivity index (χ3n) is 3.13. The molecule has 4 heteroatoms. The predicted octanol–water partition coefficient (Wildman–Crippen LogP) is 3.41. The van der Waals surface area contributed by atoms with Crippen LogP contribution in [0.15, 0.2) is 47.8 Å². The maximum absolute atomic E-state index is 9.45. The van der Waals surface area contributed by atoms with E-state index < -0.39 is 0 Å². The molecule has 0 amide bonds. The topological polar surface area (TPSA) is 42.4 Å². The van der Waals surface area contributed by atoms with Gasteiger partial charge in [0.15, 0.2) is 0 Å². The van der Waals surface area contributed by atoms with Crippen LogP contribution in [0.2, 0.25) is 0 Å². The molecule has 0 aliphatic carbocycles. The van der Waals surface area contributed by atoms with E-state index in [0.717, 1.165) is 22.9 Å². The summed E-state index contributed by atoms with van der Waals surface area (Å²) in [6.45, 7) is 0.584. The van der Waals surface area contributed by atoms with E-state index in [-0.39, 0.29) is 6.61 Å². The van der Waals surface area contributed by atoms with E-state index in [1.807, 2.05) is 36.4 Å². The molecule has 0 aliphatic rings. The molecule has 1 N–H and O–H groups in total. The van der Waals surface area contributed by atoms with Crippen LogP contribution in [0.4, 0.5) is 0 Å². The molecule has 0 saturated carbocycles. The average molecular weight is 285 g/mol. The first-order chi connectivity index (χ1) is 9.86. The molecule has 2 heterocycles. The second-order valence-electron chi connectivity index (χ2n) is 4.47. The Balaban J connectivity index is 1.77. The highest BCUT2D eigenvalue weighted by Crippen LogP contribution is 2.22. The van der Waals surface area contributed by atoms with E-state index in [1.165, 1.54) is 4.88 Å². The molecular formula is C16H15NO2S.